The van der Waals surface area contributed by atoms with Gasteiger partial charge >= 0.3 is 0 Å². The van der Waals surface area contributed by atoms with E-state index in [1.807, 2.05) is 42.0 Å². The van der Waals surface area contributed by atoms with E-state index in [9.17, 15) is 0 Å². The Morgan fingerprint density at radius 3 is 3.00 bits per heavy atom. The Kier molecular flexibility index (Phi) is 3.27. The summed E-state index contributed by atoms with van der Waals surface area (Å²) in [6.07, 6.45) is 4.45. The van der Waals surface area contributed by atoms with Gasteiger partial charge in [0.15, 0.2) is 0 Å². The van der Waals surface area contributed by atoms with E-state index in [-0.39, 0.29) is 6.04 Å². The molecular formula is C12H14ClN3. The summed E-state index contributed by atoms with van der Waals surface area (Å²) < 4.78 is 2.01. The average Bonchev–Trinajstić information content (AvgIpc) is 2.65. The van der Waals surface area contributed by atoms with Crippen molar-refractivity contribution >= 4 is 11.6 Å². The zero-order valence-electron chi connectivity index (χ0n) is 9.10. The van der Waals surface area contributed by atoms with Gasteiger partial charge in [-0.15, -0.1) is 0 Å². The molecule has 1 atom stereocenters. The Morgan fingerprint density at radius 2 is 2.31 bits per heavy atom. The molecule has 1 unspecified atom stereocenters. The van der Waals surface area contributed by atoms with Gasteiger partial charge < -0.3 is 10.3 Å². The Balaban J connectivity index is 2.37. The molecule has 1 heterocycles. The number of aromatic nitrogens is 2. The van der Waals surface area contributed by atoms with Crippen molar-refractivity contribution in [2.24, 2.45) is 5.73 Å². The van der Waals surface area contributed by atoms with E-state index in [1.165, 1.54) is 0 Å². The number of nitrogens with zero attached hydrogens (tertiary/aromatic N) is 2. The van der Waals surface area contributed by atoms with E-state index in [1.54, 1.807) is 6.20 Å². The summed E-state index contributed by atoms with van der Waals surface area (Å²) in [6.45, 7) is 1.97. The van der Waals surface area contributed by atoms with Crippen LogP contribution in [-0.4, -0.2) is 15.6 Å². The predicted octanol–water partition coefficient (Wildman–Crippen LogP) is 2.42. The zero-order chi connectivity index (χ0) is 11.5. The second-order valence-corrected chi connectivity index (χ2v) is 4.31. The molecule has 3 nitrogen and oxygen atoms in total. The largest absolute Gasteiger partial charge is 0.328 e. The van der Waals surface area contributed by atoms with Crippen LogP contribution in [-0.2, 0) is 6.42 Å². The van der Waals surface area contributed by atoms with Gasteiger partial charge in [0, 0.05) is 35.6 Å². The lowest BCUT2D eigenvalue weighted by Gasteiger charge is -2.09. The molecule has 0 spiro atoms. The fourth-order valence-electron chi connectivity index (χ4n) is 1.63. The van der Waals surface area contributed by atoms with Crippen molar-refractivity contribution in [1.82, 2.24) is 9.55 Å². The van der Waals surface area contributed by atoms with Crippen LogP contribution in [0.1, 0.15) is 12.7 Å². The first-order chi connectivity index (χ1) is 7.66. The van der Waals surface area contributed by atoms with Crippen molar-refractivity contribution in [3.05, 3.63) is 47.5 Å². The van der Waals surface area contributed by atoms with E-state index >= 15 is 0 Å². The van der Waals surface area contributed by atoms with Crippen molar-refractivity contribution in [2.75, 3.05) is 0 Å². The molecular weight excluding hydrogens is 222 g/mol. The highest BCUT2D eigenvalue weighted by Gasteiger charge is 2.07. The van der Waals surface area contributed by atoms with Crippen molar-refractivity contribution in [3.8, 4) is 5.69 Å². The first-order valence-corrected chi connectivity index (χ1v) is 5.58. The van der Waals surface area contributed by atoms with Crippen LogP contribution in [0.15, 0.2) is 36.7 Å². The number of imidazole rings is 1. The van der Waals surface area contributed by atoms with Crippen LogP contribution in [0, 0.1) is 0 Å². The van der Waals surface area contributed by atoms with E-state index in [0.29, 0.717) is 0 Å². The Morgan fingerprint density at radius 1 is 1.50 bits per heavy atom. The molecule has 16 heavy (non-hydrogen) atoms. The topological polar surface area (TPSA) is 43.8 Å². The van der Waals surface area contributed by atoms with E-state index < -0.39 is 0 Å². The molecule has 0 saturated carbocycles. The lowest BCUT2D eigenvalue weighted by Crippen LogP contribution is -2.20. The molecule has 0 aliphatic carbocycles. The number of nitrogens with two attached hydrogens (primary N) is 1. The van der Waals surface area contributed by atoms with Gasteiger partial charge in [0.25, 0.3) is 0 Å². The molecule has 0 amide bonds. The van der Waals surface area contributed by atoms with Crippen LogP contribution >= 0.6 is 11.6 Å². The maximum atomic E-state index is 5.96. The number of rotatable bonds is 3. The third kappa shape index (κ3) is 2.43. The van der Waals surface area contributed by atoms with Crippen molar-refractivity contribution in [1.29, 1.82) is 0 Å². The highest BCUT2D eigenvalue weighted by molar-refractivity contribution is 6.30. The Hall–Kier alpha value is -1.32. The zero-order valence-corrected chi connectivity index (χ0v) is 9.85. The maximum absolute atomic E-state index is 5.96. The number of benzene rings is 1. The molecule has 0 aliphatic rings. The van der Waals surface area contributed by atoms with Crippen LogP contribution < -0.4 is 5.73 Å². The molecule has 0 bridgehead atoms. The summed E-state index contributed by atoms with van der Waals surface area (Å²) in [5.74, 6) is 0.956. The summed E-state index contributed by atoms with van der Waals surface area (Å²) in [5.41, 5.74) is 6.80. The van der Waals surface area contributed by atoms with Gasteiger partial charge in [-0.1, -0.05) is 17.7 Å². The van der Waals surface area contributed by atoms with E-state index in [0.717, 1.165) is 23.0 Å². The van der Waals surface area contributed by atoms with E-state index in [2.05, 4.69) is 4.98 Å². The second-order valence-electron chi connectivity index (χ2n) is 3.87. The quantitative estimate of drug-likeness (QED) is 0.888. The van der Waals surface area contributed by atoms with Crippen LogP contribution in [0.3, 0.4) is 0 Å². The molecule has 84 valence electrons. The molecule has 0 radical (unpaired) electrons. The molecule has 2 rings (SSSR count). The molecule has 0 aliphatic heterocycles. The predicted molar refractivity (Wildman–Crippen MR) is 65.9 cm³/mol. The summed E-state index contributed by atoms with van der Waals surface area (Å²) in [4.78, 5) is 4.30. The maximum Gasteiger partial charge on any atom is 0.114 e. The molecule has 0 saturated heterocycles. The Bertz CT molecular complexity index is 477. The van der Waals surface area contributed by atoms with Crippen molar-refractivity contribution in [3.63, 3.8) is 0 Å². The SMILES string of the molecule is CC(N)Cc1nccn1-c1cccc(Cl)c1. The number of hydrogen-bond donors (Lipinski definition) is 1. The molecule has 2 N–H and O–H groups in total. The molecule has 2 aromatic rings. The third-order valence-corrected chi connectivity index (χ3v) is 2.54. The minimum atomic E-state index is 0.0975. The molecule has 1 aromatic carbocycles. The first-order valence-electron chi connectivity index (χ1n) is 5.20. The van der Waals surface area contributed by atoms with Crippen LogP contribution in [0.2, 0.25) is 5.02 Å². The van der Waals surface area contributed by atoms with Gasteiger partial charge in [-0.25, -0.2) is 4.98 Å². The minimum Gasteiger partial charge on any atom is -0.328 e. The number of hydrogen-bond acceptors (Lipinski definition) is 2. The van der Waals surface area contributed by atoms with Gasteiger partial charge in [-0.2, -0.15) is 0 Å². The van der Waals surface area contributed by atoms with Gasteiger partial charge in [0.05, 0.1) is 0 Å². The lowest BCUT2D eigenvalue weighted by molar-refractivity contribution is 0.692. The van der Waals surface area contributed by atoms with E-state index in [4.69, 9.17) is 17.3 Å². The van der Waals surface area contributed by atoms with Crippen LogP contribution in [0.4, 0.5) is 0 Å². The summed E-state index contributed by atoms with van der Waals surface area (Å²) >= 11 is 5.96. The Labute approximate surface area is 99.9 Å². The molecule has 1 aromatic heterocycles. The smallest absolute Gasteiger partial charge is 0.114 e. The average molecular weight is 236 g/mol. The lowest BCUT2D eigenvalue weighted by atomic mass is 10.2. The number of halogens is 1. The van der Waals surface area contributed by atoms with Crippen molar-refractivity contribution < 1.29 is 0 Å². The van der Waals surface area contributed by atoms with Crippen LogP contribution in [0.5, 0.6) is 0 Å². The molecule has 0 fully saturated rings. The standard InChI is InChI=1S/C12H14ClN3/c1-9(14)7-12-15-5-6-16(12)11-4-2-3-10(13)8-11/h2-6,8-9H,7,14H2,1H3. The van der Waals surface area contributed by atoms with Crippen molar-refractivity contribution in [2.45, 2.75) is 19.4 Å². The van der Waals surface area contributed by atoms with Crippen LogP contribution in [0.25, 0.3) is 5.69 Å². The fourth-order valence-corrected chi connectivity index (χ4v) is 1.82. The highest BCUT2D eigenvalue weighted by atomic mass is 35.5. The van der Waals surface area contributed by atoms with Gasteiger partial charge in [-0.3, -0.25) is 0 Å². The minimum absolute atomic E-state index is 0.0975. The molecule has 4 heteroatoms. The van der Waals surface area contributed by atoms with Gasteiger partial charge in [-0.05, 0) is 25.1 Å². The first kappa shape index (κ1) is 11.2. The highest BCUT2D eigenvalue weighted by Crippen LogP contribution is 2.16. The monoisotopic (exact) mass is 235 g/mol. The second kappa shape index (κ2) is 4.68. The normalized spacial score (nSPS) is 12.7. The summed E-state index contributed by atoms with van der Waals surface area (Å²) in [7, 11) is 0. The fraction of sp³-hybridized carbons (Fsp3) is 0.250. The van der Waals surface area contributed by atoms with Gasteiger partial charge in [0.1, 0.15) is 5.82 Å². The third-order valence-electron chi connectivity index (χ3n) is 2.31. The summed E-state index contributed by atoms with van der Waals surface area (Å²) in [6, 6.07) is 7.78. The van der Waals surface area contributed by atoms with Gasteiger partial charge in [0.2, 0.25) is 0 Å². The summed E-state index contributed by atoms with van der Waals surface area (Å²) in [5, 5.41) is 0.720.